The van der Waals surface area contributed by atoms with Gasteiger partial charge in [0.15, 0.2) is 0 Å². The summed E-state index contributed by atoms with van der Waals surface area (Å²) in [6, 6.07) is 13.3. The van der Waals surface area contributed by atoms with Crippen LogP contribution in [0, 0.1) is 13.8 Å². The fraction of sp³-hybridized carbons (Fsp3) is 0.250. The van der Waals surface area contributed by atoms with Crippen LogP contribution in [-0.2, 0) is 6.54 Å². The Morgan fingerprint density at radius 3 is 2.55 bits per heavy atom. The van der Waals surface area contributed by atoms with Crippen LogP contribution in [0.15, 0.2) is 59.0 Å². The predicted octanol–water partition coefficient (Wildman–Crippen LogP) is 4.19. The van der Waals surface area contributed by atoms with Gasteiger partial charge in [-0.1, -0.05) is 18.2 Å². The summed E-state index contributed by atoms with van der Waals surface area (Å²) in [4.78, 5) is 18.3. The molecule has 1 N–H and O–H groups in total. The van der Waals surface area contributed by atoms with Gasteiger partial charge >= 0.3 is 0 Å². The molecule has 2 heterocycles. The molecule has 0 aliphatic rings. The number of methoxy groups -OCH3 is 1. The van der Waals surface area contributed by atoms with Crippen molar-refractivity contribution in [3.05, 3.63) is 75.7 Å². The lowest BCUT2D eigenvalue weighted by atomic mass is 10.0. The van der Waals surface area contributed by atoms with Gasteiger partial charge in [-0.2, -0.15) is 0 Å². The topological polar surface area (TPSA) is 73.6 Å². The molecule has 4 aromatic rings. The van der Waals surface area contributed by atoms with E-state index in [1.165, 1.54) is 33.4 Å². The Bertz CT molecular complexity index is 1260. The normalized spacial score (nSPS) is 12.1. The first-order chi connectivity index (χ1) is 15.0. The third kappa shape index (κ3) is 4.47. The molecule has 0 spiro atoms. The minimum absolute atomic E-state index is 0.0600. The highest BCUT2D eigenvalue weighted by atomic mass is 32.1. The van der Waals surface area contributed by atoms with E-state index in [1.807, 2.05) is 11.4 Å². The van der Waals surface area contributed by atoms with Crippen molar-refractivity contribution in [2.24, 2.45) is 0 Å². The monoisotopic (exact) mass is 436 g/mol. The zero-order valence-corrected chi connectivity index (χ0v) is 18.5. The minimum Gasteiger partial charge on any atom is -0.497 e. The van der Waals surface area contributed by atoms with Gasteiger partial charge in [0, 0.05) is 10.9 Å². The minimum atomic E-state index is -0.859. The summed E-state index contributed by atoms with van der Waals surface area (Å²) in [7, 11) is 1.60. The smallest absolute Gasteiger partial charge is 0.262 e. The van der Waals surface area contributed by atoms with Crippen LogP contribution in [0.3, 0.4) is 0 Å². The number of aliphatic hydroxyl groups is 1. The van der Waals surface area contributed by atoms with Crippen LogP contribution in [0.25, 0.3) is 21.3 Å². The Balaban J connectivity index is 1.54. The average molecular weight is 437 g/mol. The largest absolute Gasteiger partial charge is 0.497 e. The predicted molar refractivity (Wildman–Crippen MR) is 123 cm³/mol. The van der Waals surface area contributed by atoms with Crippen LogP contribution in [0.2, 0.25) is 0 Å². The zero-order valence-electron chi connectivity index (χ0n) is 17.7. The van der Waals surface area contributed by atoms with Crippen molar-refractivity contribution in [1.29, 1.82) is 0 Å². The van der Waals surface area contributed by atoms with E-state index in [1.54, 1.807) is 31.4 Å². The van der Waals surface area contributed by atoms with E-state index in [9.17, 15) is 9.90 Å². The molecule has 0 saturated heterocycles. The highest BCUT2D eigenvalue weighted by molar-refractivity contribution is 7.17. The summed E-state index contributed by atoms with van der Waals surface area (Å²) in [5.74, 6) is 1.35. The van der Waals surface area contributed by atoms with E-state index >= 15 is 0 Å². The van der Waals surface area contributed by atoms with Crippen LogP contribution in [0.5, 0.6) is 11.5 Å². The number of aromatic nitrogens is 2. The SMILES string of the molecule is COc1ccc(OC[C@@H](O)Cn2cnc3scc(-c4ccc(C)c(C)c4)c3c2=O)cc1. The van der Waals surface area contributed by atoms with Crippen molar-refractivity contribution in [3.63, 3.8) is 0 Å². The third-order valence-electron chi connectivity index (χ3n) is 5.29. The fourth-order valence-corrected chi connectivity index (χ4v) is 4.27. The Kier molecular flexibility index (Phi) is 6.06. The van der Waals surface area contributed by atoms with Gasteiger partial charge in [-0.05, 0) is 54.8 Å². The molecule has 0 radical (unpaired) electrons. The molecule has 6 nitrogen and oxygen atoms in total. The summed E-state index contributed by atoms with van der Waals surface area (Å²) < 4.78 is 12.2. The molecule has 0 amide bonds. The summed E-state index contributed by atoms with van der Waals surface area (Å²) in [6.45, 7) is 4.28. The number of benzene rings is 2. The first-order valence-corrected chi connectivity index (χ1v) is 10.8. The van der Waals surface area contributed by atoms with Crippen molar-refractivity contribution in [3.8, 4) is 22.6 Å². The molecule has 7 heteroatoms. The van der Waals surface area contributed by atoms with Crippen LogP contribution in [-0.4, -0.2) is 34.5 Å². The van der Waals surface area contributed by atoms with Crippen LogP contribution < -0.4 is 15.0 Å². The molecular formula is C24H24N2O4S. The van der Waals surface area contributed by atoms with Gasteiger partial charge in [0.2, 0.25) is 0 Å². The van der Waals surface area contributed by atoms with Gasteiger partial charge < -0.3 is 14.6 Å². The maximum Gasteiger partial charge on any atom is 0.262 e. The van der Waals surface area contributed by atoms with E-state index in [0.717, 1.165) is 16.9 Å². The maximum absolute atomic E-state index is 13.2. The molecule has 160 valence electrons. The lowest BCUT2D eigenvalue weighted by Crippen LogP contribution is -2.30. The number of nitrogens with zero attached hydrogens (tertiary/aromatic N) is 2. The Hall–Kier alpha value is -3.16. The molecule has 0 bridgehead atoms. The highest BCUT2D eigenvalue weighted by Gasteiger charge is 2.16. The average Bonchev–Trinajstić information content (AvgIpc) is 3.21. The van der Waals surface area contributed by atoms with E-state index in [0.29, 0.717) is 16.0 Å². The number of hydrogen-bond acceptors (Lipinski definition) is 6. The number of thiophene rings is 1. The van der Waals surface area contributed by atoms with Gasteiger partial charge in [0.05, 0.1) is 25.4 Å². The number of aliphatic hydroxyl groups excluding tert-OH is 1. The molecule has 2 aromatic heterocycles. The summed E-state index contributed by atoms with van der Waals surface area (Å²) in [6.07, 6.45) is 0.629. The van der Waals surface area contributed by atoms with Gasteiger partial charge in [-0.25, -0.2) is 4.98 Å². The van der Waals surface area contributed by atoms with Gasteiger partial charge in [0.25, 0.3) is 5.56 Å². The number of aryl methyl sites for hydroxylation is 2. The van der Waals surface area contributed by atoms with E-state index in [-0.39, 0.29) is 18.7 Å². The van der Waals surface area contributed by atoms with Crippen molar-refractivity contribution in [1.82, 2.24) is 9.55 Å². The lowest BCUT2D eigenvalue weighted by Gasteiger charge is -2.14. The quantitative estimate of drug-likeness (QED) is 0.470. The number of rotatable bonds is 7. The maximum atomic E-state index is 13.2. The molecule has 1 atom stereocenters. The highest BCUT2D eigenvalue weighted by Crippen LogP contribution is 2.31. The zero-order chi connectivity index (χ0) is 22.0. The lowest BCUT2D eigenvalue weighted by molar-refractivity contribution is 0.0914. The van der Waals surface area contributed by atoms with E-state index < -0.39 is 6.10 Å². The Morgan fingerprint density at radius 1 is 1.10 bits per heavy atom. The Labute approximate surface area is 184 Å². The number of ether oxygens (including phenoxy) is 2. The summed E-state index contributed by atoms with van der Waals surface area (Å²) in [5, 5.41) is 13.0. The standard InChI is InChI=1S/C24H24N2O4S/c1-15-4-5-17(10-16(15)2)21-13-31-23-22(21)24(28)26(14-25-23)11-18(27)12-30-20-8-6-19(29-3)7-9-20/h4-10,13-14,18,27H,11-12H2,1-3H3/t18-/m0/s1. The summed E-state index contributed by atoms with van der Waals surface area (Å²) in [5.41, 5.74) is 4.09. The molecule has 2 aromatic carbocycles. The van der Waals surface area contributed by atoms with Crippen molar-refractivity contribution >= 4 is 21.6 Å². The van der Waals surface area contributed by atoms with Gasteiger partial charge in [-0.15, -0.1) is 11.3 Å². The van der Waals surface area contributed by atoms with Crippen molar-refractivity contribution in [2.75, 3.05) is 13.7 Å². The fourth-order valence-electron chi connectivity index (χ4n) is 3.36. The second-order valence-corrected chi connectivity index (χ2v) is 8.33. The molecule has 0 saturated carbocycles. The second kappa shape index (κ2) is 8.91. The van der Waals surface area contributed by atoms with Crippen LogP contribution in [0.4, 0.5) is 0 Å². The number of fused-ring (bicyclic) bond motifs is 1. The third-order valence-corrected chi connectivity index (χ3v) is 6.17. The van der Waals surface area contributed by atoms with Gasteiger partial charge in [-0.3, -0.25) is 9.36 Å². The molecule has 4 rings (SSSR count). The molecule has 31 heavy (non-hydrogen) atoms. The van der Waals surface area contributed by atoms with Crippen molar-refractivity contribution < 1.29 is 14.6 Å². The second-order valence-electron chi connectivity index (χ2n) is 7.47. The van der Waals surface area contributed by atoms with E-state index in [4.69, 9.17) is 9.47 Å². The van der Waals surface area contributed by atoms with Crippen molar-refractivity contribution in [2.45, 2.75) is 26.5 Å². The summed E-state index contributed by atoms with van der Waals surface area (Å²) >= 11 is 1.45. The van der Waals surface area contributed by atoms with E-state index in [2.05, 4.69) is 31.0 Å². The molecular weight excluding hydrogens is 412 g/mol. The molecule has 0 unspecified atom stereocenters. The first kappa shape index (κ1) is 21.1. The molecule has 0 aliphatic carbocycles. The number of hydrogen-bond donors (Lipinski definition) is 1. The first-order valence-electron chi connectivity index (χ1n) is 9.95. The van der Waals surface area contributed by atoms with Crippen LogP contribution in [0.1, 0.15) is 11.1 Å². The van der Waals surface area contributed by atoms with Crippen LogP contribution >= 0.6 is 11.3 Å². The molecule has 0 aliphatic heterocycles. The van der Waals surface area contributed by atoms with Gasteiger partial charge in [0.1, 0.15) is 29.0 Å². The Morgan fingerprint density at radius 2 is 1.84 bits per heavy atom. The molecule has 0 fully saturated rings.